The number of carbonyl (C=O) groups excluding carboxylic acids is 2. The van der Waals surface area contributed by atoms with Gasteiger partial charge in [0, 0.05) is 30.8 Å². The molecular weight excluding hydrogens is 432 g/mol. The minimum atomic E-state index is -0.839. The van der Waals surface area contributed by atoms with Crippen molar-refractivity contribution in [2.75, 3.05) is 6.61 Å². The molecule has 2 aromatic rings. The Morgan fingerprint density at radius 2 is 1.59 bits per heavy atom. The first-order valence-electron chi connectivity index (χ1n) is 12.0. The van der Waals surface area contributed by atoms with Gasteiger partial charge in [-0.1, -0.05) is 61.9 Å². The lowest BCUT2D eigenvalue weighted by molar-refractivity contribution is -0.137. The van der Waals surface area contributed by atoms with E-state index in [0.29, 0.717) is 19.3 Å². The fourth-order valence-electron chi connectivity index (χ4n) is 4.57. The zero-order chi connectivity index (χ0) is 24.5. The highest BCUT2D eigenvalue weighted by Crippen LogP contribution is 2.44. The maximum atomic E-state index is 12.6. The van der Waals surface area contributed by atoms with Crippen LogP contribution < -0.4 is 10.6 Å². The normalized spacial score (nSPS) is 13.9. The Balaban J connectivity index is 1.51. The van der Waals surface area contributed by atoms with Crippen LogP contribution in [-0.4, -0.2) is 41.8 Å². The molecule has 34 heavy (non-hydrogen) atoms. The SMILES string of the molecule is CCC[C@@H](CC(=O)NC(C)CCCC(=O)O)NC(=O)OCC1c2ccccc2-c2ccccc21. The van der Waals surface area contributed by atoms with Gasteiger partial charge in [-0.25, -0.2) is 4.79 Å². The van der Waals surface area contributed by atoms with E-state index in [4.69, 9.17) is 9.84 Å². The molecule has 0 spiro atoms. The fourth-order valence-corrected chi connectivity index (χ4v) is 4.57. The summed E-state index contributed by atoms with van der Waals surface area (Å²) in [6.45, 7) is 4.08. The summed E-state index contributed by atoms with van der Waals surface area (Å²) >= 11 is 0. The van der Waals surface area contributed by atoms with Crippen molar-refractivity contribution in [1.82, 2.24) is 10.6 Å². The Labute approximate surface area is 200 Å². The van der Waals surface area contributed by atoms with E-state index < -0.39 is 12.1 Å². The van der Waals surface area contributed by atoms with Crippen LogP contribution in [0.3, 0.4) is 0 Å². The van der Waals surface area contributed by atoms with Crippen LogP contribution in [0.2, 0.25) is 0 Å². The topological polar surface area (TPSA) is 105 Å². The molecular formula is C27H34N2O5. The van der Waals surface area contributed by atoms with Crippen molar-refractivity contribution < 1.29 is 24.2 Å². The number of fused-ring (bicyclic) bond motifs is 3. The van der Waals surface area contributed by atoms with Crippen molar-refractivity contribution >= 4 is 18.0 Å². The second kappa shape index (κ2) is 12.2. The third-order valence-corrected chi connectivity index (χ3v) is 6.17. The Morgan fingerprint density at radius 1 is 0.971 bits per heavy atom. The van der Waals surface area contributed by atoms with Gasteiger partial charge in [0.25, 0.3) is 0 Å². The maximum Gasteiger partial charge on any atom is 0.407 e. The second-order valence-corrected chi connectivity index (χ2v) is 8.91. The van der Waals surface area contributed by atoms with Crippen molar-refractivity contribution in [3.8, 4) is 11.1 Å². The zero-order valence-electron chi connectivity index (χ0n) is 19.9. The average molecular weight is 467 g/mol. The molecule has 182 valence electrons. The lowest BCUT2D eigenvalue weighted by atomic mass is 9.98. The Morgan fingerprint density at radius 3 is 2.18 bits per heavy atom. The van der Waals surface area contributed by atoms with Crippen LogP contribution in [0.25, 0.3) is 11.1 Å². The number of rotatable bonds is 12. The highest BCUT2D eigenvalue weighted by atomic mass is 16.5. The average Bonchev–Trinajstić information content (AvgIpc) is 3.11. The lowest BCUT2D eigenvalue weighted by Gasteiger charge is -2.20. The molecule has 0 saturated carbocycles. The number of carboxylic acids is 1. The van der Waals surface area contributed by atoms with Gasteiger partial charge < -0.3 is 20.5 Å². The molecule has 2 atom stereocenters. The molecule has 7 heteroatoms. The van der Waals surface area contributed by atoms with Gasteiger partial charge in [-0.3, -0.25) is 9.59 Å². The fraction of sp³-hybridized carbons (Fsp3) is 0.444. The summed E-state index contributed by atoms with van der Waals surface area (Å²) in [6.07, 6.45) is 2.29. The largest absolute Gasteiger partial charge is 0.481 e. The summed E-state index contributed by atoms with van der Waals surface area (Å²) in [4.78, 5) is 35.7. The molecule has 1 aliphatic carbocycles. The van der Waals surface area contributed by atoms with E-state index >= 15 is 0 Å². The molecule has 2 amide bonds. The third kappa shape index (κ3) is 6.83. The van der Waals surface area contributed by atoms with Crippen LogP contribution in [0.1, 0.15) is 69.4 Å². The predicted molar refractivity (Wildman–Crippen MR) is 131 cm³/mol. The number of hydrogen-bond acceptors (Lipinski definition) is 4. The van der Waals surface area contributed by atoms with Crippen molar-refractivity contribution in [3.05, 3.63) is 59.7 Å². The number of carbonyl (C=O) groups is 3. The minimum absolute atomic E-state index is 0.0160. The van der Waals surface area contributed by atoms with Crippen LogP contribution in [0.4, 0.5) is 4.79 Å². The zero-order valence-corrected chi connectivity index (χ0v) is 19.9. The number of amides is 2. The second-order valence-electron chi connectivity index (χ2n) is 8.91. The van der Waals surface area contributed by atoms with Gasteiger partial charge in [0.2, 0.25) is 5.91 Å². The van der Waals surface area contributed by atoms with E-state index in [2.05, 4.69) is 34.9 Å². The van der Waals surface area contributed by atoms with E-state index in [1.807, 2.05) is 38.1 Å². The smallest absolute Gasteiger partial charge is 0.407 e. The van der Waals surface area contributed by atoms with Gasteiger partial charge in [0.05, 0.1) is 0 Å². The van der Waals surface area contributed by atoms with Crippen LogP contribution in [0.5, 0.6) is 0 Å². The summed E-state index contributed by atoms with van der Waals surface area (Å²) in [5, 5.41) is 14.5. The van der Waals surface area contributed by atoms with Crippen molar-refractivity contribution in [3.63, 3.8) is 0 Å². The third-order valence-electron chi connectivity index (χ3n) is 6.17. The highest BCUT2D eigenvalue weighted by Gasteiger charge is 2.29. The summed E-state index contributed by atoms with van der Waals surface area (Å²) in [5.74, 6) is -1.02. The molecule has 0 bridgehead atoms. The Bertz CT molecular complexity index is 961. The van der Waals surface area contributed by atoms with Gasteiger partial charge in [-0.2, -0.15) is 0 Å². The molecule has 0 radical (unpaired) electrons. The van der Waals surface area contributed by atoms with Crippen molar-refractivity contribution in [2.45, 2.75) is 70.4 Å². The van der Waals surface area contributed by atoms with Crippen molar-refractivity contribution in [1.29, 1.82) is 0 Å². The Kier molecular flexibility index (Phi) is 9.08. The standard InChI is InChI=1S/C27H34N2O5/c1-3-9-19(16-25(30)28-18(2)10-8-15-26(31)32)29-27(33)34-17-24-22-13-6-4-11-20(22)21-12-5-7-14-23(21)24/h4-7,11-14,18-19,24H,3,8-10,15-17H2,1-2H3,(H,28,30)(H,29,33)(H,31,32)/t18?,19-/m0/s1. The summed E-state index contributed by atoms with van der Waals surface area (Å²) in [6, 6.07) is 15.9. The van der Waals surface area contributed by atoms with Crippen LogP contribution >= 0.6 is 0 Å². The van der Waals surface area contributed by atoms with Gasteiger partial charge in [0.1, 0.15) is 6.61 Å². The Hall–Kier alpha value is -3.35. The van der Waals surface area contributed by atoms with E-state index in [1.165, 1.54) is 11.1 Å². The highest BCUT2D eigenvalue weighted by molar-refractivity contribution is 5.79. The quantitative estimate of drug-likeness (QED) is 0.415. The number of ether oxygens (including phenoxy) is 1. The van der Waals surface area contributed by atoms with Gasteiger partial charge in [-0.05, 0) is 48.4 Å². The molecule has 1 unspecified atom stereocenters. The predicted octanol–water partition coefficient (Wildman–Crippen LogP) is 4.84. The van der Waals surface area contributed by atoms with Crippen LogP contribution in [-0.2, 0) is 14.3 Å². The molecule has 2 aromatic carbocycles. The van der Waals surface area contributed by atoms with E-state index in [-0.39, 0.29) is 43.4 Å². The number of nitrogens with one attached hydrogen (secondary N) is 2. The lowest BCUT2D eigenvalue weighted by Crippen LogP contribution is -2.41. The van der Waals surface area contributed by atoms with E-state index in [9.17, 15) is 14.4 Å². The van der Waals surface area contributed by atoms with Gasteiger partial charge >= 0.3 is 12.1 Å². The number of benzene rings is 2. The first-order valence-corrected chi connectivity index (χ1v) is 12.0. The molecule has 1 aliphatic rings. The summed E-state index contributed by atoms with van der Waals surface area (Å²) < 4.78 is 5.62. The van der Waals surface area contributed by atoms with Crippen molar-refractivity contribution in [2.24, 2.45) is 0 Å². The monoisotopic (exact) mass is 466 g/mol. The summed E-state index contributed by atoms with van der Waals surface area (Å²) in [5.41, 5.74) is 4.64. The molecule has 3 N–H and O–H groups in total. The van der Waals surface area contributed by atoms with Gasteiger partial charge in [-0.15, -0.1) is 0 Å². The maximum absolute atomic E-state index is 12.6. The molecule has 3 rings (SSSR count). The molecule has 0 saturated heterocycles. The number of carboxylic acid groups (broad SMARTS) is 1. The van der Waals surface area contributed by atoms with Gasteiger partial charge in [0.15, 0.2) is 0 Å². The number of alkyl carbamates (subject to hydrolysis) is 1. The van der Waals surface area contributed by atoms with E-state index in [0.717, 1.165) is 17.5 Å². The first-order chi connectivity index (χ1) is 16.4. The molecule has 0 aromatic heterocycles. The molecule has 0 fully saturated rings. The minimum Gasteiger partial charge on any atom is -0.481 e. The van der Waals surface area contributed by atoms with Crippen LogP contribution in [0, 0.1) is 0 Å². The summed E-state index contributed by atoms with van der Waals surface area (Å²) in [7, 11) is 0. The molecule has 7 nitrogen and oxygen atoms in total. The number of hydrogen-bond donors (Lipinski definition) is 3. The first kappa shape index (κ1) is 25.3. The van der Waals surface area contributed by atoms with E-state index in [1.54, 1.807) is 0 Å². The van der Waals surface area contributed by atoms with Crippen LogP contribution in [0.15, 0.2) is 48.5 Å². The molecule has 0 heterocycles. The molecule has 0 aliphatic heterocycles. The number of aliphatic carboxylic acids is 1.